The van der Waals surface area contributed by atoms with Crippen LogP contribution in [0.25, 0.3) is 0 Å². The number of nitrogens with one attached hydrogen (secondary N) is 1. The van der Waals surface area contributed by atoms with E-state index in [9.17, 15) is 9.59 Å². The molecular formula is C15H14BrN3O3. The van der Waals surface area contributed by atoms with Crippen LogP contribution in [-0.2, 0) is 4.74 Å². The normalized spacial score (nSPS) is 11.6. The number of ether oxygens (including phenoxy) is 1. The van der Waals surface area contributed by atoms with Gasteiger partial charge in [-0.1, -0.05) is 34.1 Å². The van der Waals surface area contributed by atoms with Crippen LogP contribution in [-0.4, -0.2) is 29.0 Å². The summed E-state index contributed by atoms with van der Waals surface area (Å²) in [6.45, 7) is 1.87. The number of esters is 1. The molecule has 0 unspecified atom stereocenters. The van der Waals surface area contributed by atoms with Gasteiger partial charge in [0.05, 0.1) is 25.5 Å². The molecular weight excluding hydrogens is 350 g/mol. The number of carbonyl (C=O) groups excluding carboxylic acids is 2. The first-order valence-electron chi connectivity index (χ1n) is 6.48. The van der Waals surface area contributed by atoms with Gasteiger partial charge in [-0.05, 0) is 18.6 Å². The quantitative estimate of drug-likeness (QED) is 0.844. The number of rotatable bonds is 4. The van der Waals surface area contributed by atoms with Crippen LogP contribution in [0.5, 0.6) is 0 Å². The van der Waals surface area contributed by atoms with E-state index in [1.807, 2.05) is 31.2 Å². The molecule has 114 valence electrons. The van der Waals surface area contributed by atoms with Gasteiger partial charge in [-0.3, -0.25) is 4.79 Å². The lowest BCUT2D eigenvalue weighted by Gasteiger charge is -2.15. The van der Waals surface area contributed by atoms with Crippen molar-refractivity contribution in [1.82, 2.24) is 15.3 Å². The molecule has 1 atom stereocenters. The number of nitrogens with zero attached hydrogens (tertiary/aromatic N) is 2. The molecule has 0 radical (unpaired) electrons. The first kappa shape index (κ1) is 16.1. The van der Waals surface area contributed by atoms with Crippen LogP contribution in [0, 0.1) is 0 Å². The Morgan fingerprint density at radius 3 is 2.41 bits per heavy atom. The SMILES string of the molecule is COC(=O)c1cnc(C(=O)N[C@H](C)c2ccccc2Br)cn1. The third kappa shape index (κ3) is 3.67. The van der Waals surface area contributed by atoms with Gasteiger partial charge in [0, 0.05) is 4.47 Å². The summed E-state index contributed by atoms with van der Waals surface area (Å²) in [6.07, 6.45) is 2.46. The van der Waals surface area contributed by atoms with Gasteiger partial charge in [0.2, 0.25) is 0 Å². The van der Waals surface area contributed by atoms with Crippen molar-refractivity contribution in [3.8, 4) is 0 Å². The molecule has 2 aromatic rings. The Balaban J connectivity index is 2.09. The maximum atomic E-state index is 12.1. The largest absolute Gasteiger partial charge is 0.464 e. The summed E-state index contributed by atoms with van der Waals surface area (Å²) in [5.41, 5.74) is 1.14. The number of aromatic nitrogens is 2. The average Bonchev–Trinajstić information content (AvgIpc) is 2.54. The topological polar surface area (TPSA) is 81.2 Å². The van der Waals surface area contributed by atoms with Gasteiger partial charge < -0.3 is 10.1 Å². The monoisotopic (exact) mass is 363 g/mol. The van der Waals surface area contributed by atoms with Crippen LogP contribution in [0.3, 0.4) is 0 Å². The van der Waals surface area contributed by atoms with Crippen molar-refractivity contribution < 1.29 is 14.3 Å². The summed E-state index contributed by atoms with van der Waals surface area (Å²) in [7, 11) is 1.25. The molecule has 6 nitrogen and oxygen atoms in total. The third-order valence-corrected chi connectivity index (χ3v) is 3.72. The summed E-state index contributed by atoms with van der Waals surface area (Å²) in [5, 5.41) is 2.83. The number of carbonyl (C=O) groups is 2. The fraction of sp³-hybridized carbons (Fsp3) is 0.200. The Morgan fingerprint density at radius 1 is 1.18 bits per heavy atom. The van der Waals surface area contributed by atoms with Gasteiger partial charge in [0.15, 0.2) is 5.69 Å². The lowest BCUT2D eigenvalue weighted by molar-refractivity contribution is 0.0592. The van der Waals surface area contributed by atoms with Crippen LogP contribution in [0.2, 0.25) is 0 Å². The van der Waals surface area contributed by atoms with Crippen molar-refractivity contribution in [2.45, 2.75) is 13.0 Å². The van der Waals surface area contributed by atoms with Crippen molar-refractivity contribution in [2.75, 3.05) is 7.11 Å². The molecule has 0 aliphatic heterocycles. The van der Waals surface area contributed by atoms with Gasteiger partial charge >= 0.3 is 5.97 Å². The molecule has 22 heavy (non-hydrogen) atoms. The lowest BCUT2D eigenvalue weighted by Crippen LogP contribution is -2.28. The van der Waals surface area contributed by atoms with E-state index in [0.717, 1.165) is 10.0 Å². The summed E-state index contributed by atoms with van der Waals surface area (Å²) in [6, 6.07) is 7.42. The van der Waals surface area contributed by atoms with Crippen LogP contribution in [0.15, 0.2) is 41.1 Å². The number of amides is 1. The van der Waals surface area contributed by atoms with Gasteiger partial charge in [0.25, 0.3) is 5.91 Å². The highest BCUT2D eigenvalue weighted by atomic mass is 79.9. The fourth-order valence-electron chi connectivity index (χ4n) is 1.83. The van der Waals surface area contributed by atoms with Gasteiger partial charge in [-0.15, -0.1) is 0 Å². The molecule has 0 spiro atoms. The van der Waals surface area contributed by atoms with E-state index in [1.165, 1.54) is 19.5 Å². The smallest absolute Gasteiger partial charge is 0.358 e. The van der Waals surface area contributed by atoms with E-state index < -0.39 is 5.97 Å². The number of benzene rings is 1. The van der Waals surface area contributed by atoms with Crippen molar-refractivity contribution in [3.63, 3.8) is 0 Å². The minimum absolute atomic E-state index is 0.0536. The van der Waals surface area contributed by atoms with E-state index in [-0.39, 0.29) is 23.3 Å². The number of hydrogen-bond acceptors (Lipinski definition) is 5. The molecule has 2 rings (SSSR count). The van der Waals surface area contributed by atoms with Crippen LogP contribution in [0.4, 0.5) is 0 Å². The van der Waals surface area contributed by atoms with Gasteiger partial charge in [-0.2, -0.15) is 0 Å². The minimum Gasteiger partial charge on any atom is -0.464 e. The third-order valence-electron chi connectivity index (χ3n) is 3.00. The maximum absolute atomic E-state index is 12.1. The van der Waals surface area contributed by atoms with E-state index in [1.54, 1.807) is 0 Å². The first-order chi connectivity index (χ1) is 10.5. The number of halogens is 1. The standard InChI is InChI=1S/C15H14BrN3O3/c1-9(10-5-3-4-6-11(10)16)19-14(20)12-7-18-13(8-17-12)15(21)22-2/h3-9H,1-2H3,(H,19,20)/t9-/m1/s1. The molecule has 1 N–H and O–H groups in total. The van der Waals surface area contributed by atoms with E-state index in [4.69, 9.17) is 0 Å². The van der Waals surface area contributed by atoms with E-state index in [0.29, 0.717) is 0 Å². The van der Waals surface area contributed by atoms with Crippen LogP contribution >= 0.6 is 15.9 Å². The van der Waals surface area contributed by atoms with Crippen molar-refractivity contribution in [3.05, 3.63) is 58.1 Å². The zero-order valence-corrected chi connectivity index (χ0v) is 13.6. The molecule has 7 heteroatoms. The van der Waals surface area contributed by atoms with E-state index in [2.05, 4.69) is 36.0 Å². The zero-order valence-electron chi connectivity index (χ0n) is 12.0. The highest BCUT2D eigenvalue weighted by Crippen LogP contribution is 2.22. The van der Waals surface area contributed by atoms with E-state index >= 15 is 0 Å². The molecule has 0 aliphatic rings. The Kier molecular flexibility index (Phi) is 5.21. The predicted molar refractivity (Wildman–Crippen MR) is 83.4 cm³/mol. The molecule has 0 aliphatic carbocycles. The molecule has 0 fully saturated rings. The molecule has 1 aromatic heterocycles. The van der Waals surface area contributed by atoms with Gasteiger partial charge in [-0.25, -0.2) is 14.8 Å². The Hall–Kier alpha value is -2.28. The van der Waals surface area contributed by atoms with Crippen LogP contribution < -0.4 is 5.32 Å². The number of methoxy groups -OCH3 is 1. The molecule has 0 bridgehead atoms. The predicted octanol–water partition coefficient (Wildman–Crippen LogP) is 2.52. The molecule has 1 heterocycles. The van der Waals surface area contributed by atoms with Gasteiger partial charge in [0.1, 0.15) is 5.69 Å². The van der Waals surface area contributed by atoms with Crippen molar-refractivity contribution in [2.24, 2.45) is 0 Å². The molecule has 1 amide bonds. The molecule has 1 aromatic carbocycles. The second-order valence-corrected chi connectivity index (χ2v) is 5.35. The summed E-state index contributed by atoms with van der Waals surface area (Å²) < 4.78 is 5.44. The second-order valence-electron chi connectivity index (χ2n) is 4.50. The summed E-state index contributed by atoms with van der Waals surface area (Å²) in [4.78, 5) is 31.2. The summed E-state index contributed by atoms with van der Waals surface area (Å²) >= 11 is 3.45. The lowest BCUT2D eigenvalue weighted by atomic mass is 10.1. The van der Waals surface area contributed by atoms with Crippen LogP contribution in [0.1, 0.15) is 39.5 Å². The van der Waals surface area contributed by atoms with Crippen molar-refractivity contribution in [1.29, 1.82) is 0 Å². The molecule has 0 saturated heterocycles. The Bertz CT molecular complexity index is 689. The minimum atomic E-state index is -0.596. The fourth-order valence-corrected chi connectivity index (χ4v) is 2.46. The second kappa shape index (κ2) is 7.13. The molecule has 0 saturated carbocycles. The Morgan fingerprint density at radius 2 is 1.82 bits per heavy atom. The van der Waals surface area contributed by atoms with Crippen molar-refractivity contribution >= 4 is 27.8 Å². The summed E-state index contributed by atoms with van der Waals surface area (Å²) in [5.74, 6) is -0.965. The number of hydrogen-bond donors (Lipinski definition) is 1. The highest BCUT2D eigenvalue weighted by molar-refractivity contribution is 9.10. The zero-order chi connectivity index (χ0) is 16.1. The first-order valence-corrected chi connectivity index (χ1v) is 7.28. The maximum Gasteiger partial charge on any atom is 0.358 e. The average molecular weight is 364 g/mol. The Labute approximate surface area is 136 Å². The highest BCUT2D eigenvalue weighted by Gasteiger charge is 2.16.